The van der Waals surface area contributed by atoms with E-state index in [1.165, 1.54) is 28.2 Å². The molecule has 8 heteroatoms. The molecule has 3 heterocycles. The molecule has 0 bridgehead atoms. The number of fused-ring (bicyclic) bond motifs is 3. The number of benzene rings is 2. The highest BCUT2D eigenvalue weighted by Crippen LogP contribution is 2.40. The summed E-state index contributed by atoms with van der Waals surface area (Å²) >= 11 is 1.43. The number of anilines is 1. The van der Waals surface area contributed by atoms with Crippen molar-refractivity contribution in [1.29, 1.82) is 0 Å². The largest absolute Gasteiger partial charge is 0.467 e. The van der Waals surface area contributed by atoms with Crippen LogP contribution in [0.3, 0.4) is 0 Å². The molecule has 1 aliphatic carbocycles. The maximum atomic E-state index is 13.1. The molecule has 1 N–H and O–H groups in total. The molecule has 1 aliphatic rings. The van der Waals surface area contributed by atoms with Gasteiger partial charge in [0.1, 0.15) is 11.6 Å². The molecule has 1 fully saturated rings. The van der Waals surface area contributed by atoms with Crippen LogP contribution >= 0.6 is 11.8 Å². The lowest BCUT2D eigenvalue weighted by molar-refractivity contribution is -0.115. The van der Waals surface area contributed by atoms with Gasteiger partial charge in [0, 0.05) is 40.0 Å². The van der Waals surface area contributed by atoms with Gasteiger partial charge in [0.25, 0.3) is 0 Å². The Morgan fingerprint density at radius 1 is 1.09 bits per heavy atom. The number of carbonyl (C=O) groups excluding carboxylic acids is 1. The topological polar surface area (TPSA) is 77.9 Å². The van der Waals surface area contributed by atoms with Crippen molar-refractivity contribution in [3.63, 3.8) is 0 Å². The molecule has 0 saturated heterocycles. The van der Waals surface area contributed by atoms with Gasteiger partial charge in [-0.15, -0.1) is 10.2 Å². The lowest BCUT2D eigenvalue weighted by atomic mass is 10.1. The normalized spacial score (nSPS) is 14.6. The van der Waals surface area contributed by atoms with Crippen molar-refractivity contribution >= 4 is 45.2 Å². The number of hydrogen-bond donors (Lipinski definition) is 1. The number of furan rings is 1. The zero-order valence-electron chi connectivity index (χ0n) is 19.8. The first-order chi connectivity index (χ1) is 17.1. The average Bonchev–Trinajstić information content (AvgIpc) is 3.30. The second-order valence-corrected chi connectivity index (χ2v) is 10.3. The zero-order valence-corrected chi connectivity index (χ0v) is 20.6. The molecule has 1 saturated carbocycles. The first-order valence-corrected chi connectivity index (χ1v) is 12.9. The van der Waals surface area contributed by atoms with E-state index in [1.54, 1.807) is 6.26 Å². The van der Waals surface area contributed by atoms with Gasteiger partial charge >= 0.3 is 0 Å². The van der Waals surface area contributed by atoms with Crippen molar-refractivity contribution in [3.05, 3.63) is 72.4 Å². The number of rotatable bonds is 8. The Balaban J connectivity index is 1.23. The minimum atomic E-state index is -0.339. The minimum absolute atomic E-state index is 0.0610. The third-order valence-corrected chi connectivity index (χ3v) is 7.67. The fraction of sp³-hybridized carbons (Fsp3) is 0.296. The molecule has 0 aliphatic heterocycles. The van der Waals surface area contributed by atoms with Gasteiger partial charge in [-0.1, -0.05) is 30.0 Å². The lowest BCUT2D eigenvalue weighted by Crippen LogP contribution is -2.23. The summed E-state index contributed by atoms with van der Waals surface area (Å²) in [6, 6.07) is 18.4. The van der Waals surface area contributed by atoms with Gasteiger partial charge < -0.3 is 14.3 Å². The van der Waals surface area contributed by atoms with E-state index in [2.05, 4.69) is 68.0 Å². The first kappa shape index (κ1) is 22.0. The summed E-state index contributed by atoms with van der Waals surface area (Å²) in [6.07, 6.45) is 3.94. The maximum Gasteiger partial charge on any atom is 0.237 e. The highest BCUT2D eigenvalue weighted by Gasteiger charge is 2.31. The van der Waals surface area contributed by atoms with Crippen LogP contribution in [-0.4, -0.2) is 30.5 Å². The molecule has 35 heavy (non-hydrogen) atoms. The van der Waals surface area contributed by atoms with Gasteiger partial charge in [0.05, 0.1) is 18.1 Å². The average molecular weight is 486 g/mol. The number of thioether (sulfide) groups is 1. The lowest BCUT2D eigenvalue weighted by Gasteiger charge is -2.13. The summed E-state index contributed by atoms with van der Waals surface area (Å²) in [5, 5.41) is 14.7. The molecule has 0 spiro atoms. The monoisotopic (exact) mass is 485 g/mol. The van der Waals surface area contributed by atoms with Gasteiger partial charge in [-0.3, -0.25) is 9.36 Å². The van der Waals surface area contributed by atoms with Crippen molar-refractivity contribution in [1.82, 2.24) is 19.3 Å². The van der Waals surface area contributed by atoms with Crippen LogP contribution in [0, 0.1) is 0 Å². The fourth-order valence-corrected chi connectivity index (χ4v) is 5.52. The zero-order chi connectivity index (χ0) is 23.9. The predicted molar refractivity (Wildman–Crippen MR) is 139 cm³/mol. The molecule has 1 unspecified atom stereocenters. The van der Waals surface area contributed by atoms with E-state index in [4.69, 9.17) is 4.42 Å². The summed E-state index contributed by atoms with van der Waals surface area (Å²) in [6.45, 7) is 5.52. The number of amides is 1. The van der Waals surface area contributed by atoms with E-state index in [9.17, 15) is 4.79 Å². The summed E-state index contributed by atoms with van der Waals surface area (Å²) in [5.41, 5.74) is 3.18. The fourth-order valence-electron chi connectivity index (χ4n) is 4.67. The van der Waals surface area contributed by atoms with E-state index in [1.807, 2.05) is 25.1 Å². The minimum Gasteiger partial charge on any atom is -0.467 e. The van der Waals surface area contributed by atoms with E-state index < -0.39 is 0 Å². The number of para-hydroxylation sites is 1. The quantitative estimate of drug-likeness (QED) is 0.271. The maximum absolute atomic E-state index is 13.1. The van der Waals surface area contributed by atoms with Crippen LogP contribution in [0.2, 0.25) is 0 Å². The number of aromatic nitrogens is 4. The highest BCUT2D eigenvalue weighted by molar-refractivity contribution is 8.00. The Morgan fingerprint density at radius 3 is 2.69 bits per heavy atom. The Hall–Kier alpha value is -3.52. The molecule has 5 aromatic rings. The molecule has 6 rings (SSSR count). The highest BCUT2D eigenvalue weighted by atomic mass is 32.2. The number of nitrogens with one attached hydrogen (secondary N) is 1. The number of aryl methyl sites for hydroxylation is 1. The van der Waals surface area contributed by atoms with E-state index in [0.717, 1.165) is 47.2 Å². The number of nitrogens with zero attached hydrogens (tertiary/aromatic N) is 4. The molecule has 3 aromatic heterocycles. The standard InChI is InChI=1S/C27H27N5O2S/c1-3-31-23-9-5-4-8-21(23)22-15-19(12-13-24(22)31)28-26(33)17(2)35-27-30-29-25(18-10-11-18)32(27)16-20-7-6-14-34-20/h4-9,12-15,17-18H,3,10-11,16H2,1-2H3,(H,28,33). The van der Waals surface area contributed by atoms with E-state index in [0.29, 0.717) is 12.5 Å². The van der Waals surface area contributed by atoms with E-state index in [-0.39, 0.29) is 11.2 Å². The van der Waals surface area contributed by atoms with Gasteiger partial charge in [0.15, 0.2) is 5.16 Å². The molecule has 0 radical (unpaired) electrons. The number of hydrogen-bond acceptors (Lipinski definition) is 5. The second-order valence-electron chi connectivity index (χ2n) is 9.02. The molecule has 178 valence electrons. The molecule has 2 aromatic carbocycles. The Bertz CT molecular complexity index is 1510. The number of carbonyl (C=O) groups is 1. The van der Waals surface area contributed by atoms with Gasteiger partial charge in [-0.2, -0.15) is 0 Å². The third-order valence-electron chi connectivity index (χ3n) is 6.59. The van der Waals surface area contributed by atoms with Crippen molar-refractivity contribution < 1.29 is 9.21 Å². The molecule has 1 atom stereocenters. The van der Waals surface area contributed by atoms with Crippen molar-refractivity contribution in [3.8, 4) is 0 Å². The summed E-state index contributed by atoms with van der Waals surface area (Å²) < 4.78 is 9.95. The van der Waals surface area contributed by atoms with Gasteiger partial charge in [-0.05, 0) is 63.1 Å². The van der Waals surface area contributed by atoms with Crippen molar-refractivity contribution in [2.45, 2.75) is 56.1 Å². The van der Waals surface area contributed by atoms with Crippen LogP contribution in [0.5, 0.6) is 0 Å². The third kappa shape index (κ3) is 4.12. The van der Waals surface area contributed by atoms with Crippen LogP contribution in [0.1, 0.15) is 44.2 Å². The smallest absolute Gasteiger partial charge is 0.237 e. The Labute approximate surface area is 207 Å². The summed E-state index contributed by atoms with van der Waals surface area (Å²) in [4.78, 5) is 13.1. The second kappa shape index (κ2) is 8.92. The van der Waals surface area contributed by atoms with Crippen LogP contribution in [-0.2, 0) is 17.9 Å². The molecule has 7 nitrogen and oxygen atoms in total. The van der Waals surface area contributed by atoms with Crippen LogP contribution in [0.15, 0.2) is 70.4 Å². The van der Waals surface area contributed by atoms with E-state index >= 15 is 0 Å². The summed E-state index contributed by atoms with van der Waals surface area (Å²) in [7, 11) is 0. The first-order valence-electron chi connectivity index (χ1n) is 12.1. The van der Waals surface area contributed by atoms with Crippen LogP contribution in [0.25, 0.3) is 21.8 Å². The van der Waals surface area contributed by atoms with Crippen LogP contribution in [0.4, 0.5) is 5.69 Å². The summed E-state index contributed by atoms with van der Waals surface area (Å²) in [5.74, 6) is 2.22. The molecular formula is C27H27N5O2S. The predicted octanol–water partition coefficient (Wildman–Crippen LogP) is 6.04. The van der Waals surface area contributed by atoms with Crippen molar-refractivity contribution in [2.24, 2.45) is 0 Å². The molecule has 1 amide bonds. The Morgan fingerprint density at radius 2 is 1.91 bits per heavy atom. The molecular weight excluding hydrogens is 458 g/mol. The van der Waals surface area contributed by atoms with Crippen LogP contribution < -0.4 is 5.32 Å². The van der Waals surface area contributed by atoms with Crippen molar-refractivity contribution in [2.75, 3.05) is 5.32 Å². The Kier molecular flexibility index (Phi) is 5.60. The SMILES string of the molecule is CCn1c2ccccc2c2cc(NC(=O)C(C)Sc3nnc(C4CC4)n3Cc3ccco3)ccc21. The van der Waals surface area contributed by atoms with Gasteiger partial charge in [0.2, 0.25) is 5.91 Å². The van der Waals surface area contributed by atoms with Gasteiger partial charge in [-0.25, -0.2) is 0 Å².